The van der Waals surface area contributed by atoms with E-state index in [1.807, 2.05) is 42.6 Å². The minimum atomic E-state index is 0.550. The first kappa shape index (κ1) is 25.9. The van der Waals surface area contributed by atoms with Gasteiger partial charge >= 0.3 is 0 Å². The highest BCUT2D eigenvalue weighted by Crippen LogP contribution is 2.26. The highest BCUT2D eigenvalue weighted by molar-refractivity contribution is 6.42. The second kappa shape index (κ2) is 11.8. The van der Waals surface area contributed by atoms with Gasteiger partial charge in [-0.1, -0.05) is 47.5 Å². The fourth-order valence-electron chi connectivity index (χ4n) is 4.85. The van der Waals surface area contributed by atoms with Gasteiger partial charge in [-0.2, -0.15) is 15.1 Å². The zero-order valence-corrected chi connectivity index (χ0v) is 22.9. The Kier molecular flexibility index (Phi) is 7.83. The molecule has 0 saturated carbocycles. The number of nitrogens with one attached hydrogen (secondary N) is 1. The molecule has 0 aliphatic carbocycles. The highest BCUT2D eigenvalue weighted by atomic mass is 35.5. The number of nitrogens with zero attached hydrogens (tertiary/aromatic N) is 6. The Morgan fingerprint density at radius 2 is 1.62 bits per heavy atom. The SMILES string of the molecule is Clc1ccc(Cn2cc(/C=N/Nc3cc(N4CCOCC4)nc(N4CCOCC4)n3)c3ccccc32)cc1Cl. The first-order chi connectivity index (χ1) is 19.1. The molecule has 2 fully saturated rings. The second-order valence-electron chi connectivity index (χ2n) is 9.46. The fourth-order valence-corrected chi connectivity index (χ4v) is 5.17. The number of morpholine rings is 2. The lowest BCUT2D eigenvalue weighted by atomic mass is 10.2. The molecule has 2 aliphatic rings. The topological polar surface area (TPSA) is 80.0 Å². The Morgan fingerprint density at radius 1 is 0.872 bits per heavy atom. The van der Waals surface area contributed by atoms with Gasteiger partial charge in [-0.05, 0) is 23.8 Å². The van der Waals surface area contributed by atoms with E-state index in [0.717, 1.165) is 54.0 Å². The number of fused-ring (bicyclic) bond motifs is 1. The van der Waals surface area contributed by atoms with Crippen LogP contribution in [0.5, 0.6) is 0 Å². The minimum Gasteiger partial charge on any atom is -0.378 e. The average molecular weight is 566 g/mol. The largest absolute Gasteiger partial charge is 0.378 e. The molecule has 2 aliphatic heterocycles. The Hall–Kier alpha value is -3.37. The van der Waals surface area contributed by atoms with E-state index in [-0.39, 0.29) is 0 Å². The molecule has 4 aromatic rings. The van der Waals surface area contributed by atoms with Crippen LogP contribution in [0, 0.1) is 0 Å². The van der Waals surface area contributed by atoms with Crippen molar-refractivity contribution in [1.82, 2.24) is 14.5 Å². The monoisotopic (exact) mass is 565 g/mol. The number of benzene rings is 2. The molecule has 9 nitrogen and oxygen atoms in total. The van der Waals surface area contributed by atoms with E-state index in [0.29, 0.717) is 54.8 Å². The van der Waals surface area contributed by atoms with Crippen LogP contribution in [0.3, 0.4) is 0 Å². The Balaban J connectivity index is 1.26. The molecule has 2 aromatic carbocycles. The van der Waals surface area contributed by atoms with Crippen molar-refractivity contribution in [3.63, 3.8) is 0 Å². The molecule has 0 spiro atoms. The van der Waals surface area contributed by atoms with Gasteiger partial charge in [-0.3, -0.25) is 5.43 Å². The number of hydrogen-bond donors (Lipinski definition) is 1. The van der Waals surface area contributed by atoms with E-state index >= 15 is 0 Å². The molecule has 4 heterocycles. The van der Waals surface area contributed by atoms with Crippen LogP contribution < -0.4 is 15.2 Å². The van der Waals surface area contributed by atoms with Gasteiger partial charge in [0.15, 0.2) is 5.82 Å². The molecule has 2 saturated heterocycles. The third kappa shape index (κ3) is 5.96. The molecular formula is C28H29Cl2N7O2. The number of hydrazone groups is 1. The standard InChI is InChI=1S/C28H29Cl2N7O2/c29-23-6-5-20(15-24(23)30)18-37-19-21(22-3-1-2-4-25(22)37)17-31-34-26-16-27(35-7-11-38-12-8-35)33-28(32-26)36-9-13-39-14-10-36/h1-6,15-17,19H,7-14,18H2,(H,32,33,34)/b31-17+. The number of rotatable bonds is 7. The van der Waals surface area contributed by atoms with Crippen molar-refractivity contribution < 1.29 is 9.47 Å². The molecule has 0 atom stereocenters. The van der Waals surface area contributed by atoms with Crippen LogP contribution in [0.1, 0.15) is 11.1 Å². The van der Waals surface area contributed by atoms with Crippen molar-refractivity contribution in [1.29, 1.82) is 0 Å². The van der Waals surface area contributed by atoms with Crippen molar-refractivity contribution in [3.05, 3.63) is 75.9 Å². The Morgan fingerprint density at radius 3 is 2.38 bits per heavy atom. The molecule has 39 heavy (non-hydrogen) atoms. The van der Waals surface area contributed by atoms with E-state index in [9.17, 15) is 0 Å². The van der Waals surface area contributed by atoms with Crippen LogP contribution in [0.2, 0.25) is 10.0 Å². The fraction of sp³-hybridized carbons (Fsp3) is 0.321. The zero-order chi connectivity index (χ0) is 26.6. The normalized spacial score (nSPS) is 16.4. The summed E-state index contributed by atoms with van der Waals surface area (Å²) in [4.78, 5) is 14.0. The van der Waals surface area contributed by atoms with Gasteiger partial charge in [0.25, 0.3) is 0 Å². The molecule has 202 valence electrons. The molecule has 6 rings (SSSR count). The van der Waals surface area contributed by atoms with E-state index in [1.165, 1.54) is 0 Å². The quantitative estimate of drug-likeness (QED) is 0.252. The van der Waals surface area contributed by atoms with Gasteiger partial charge in [-0.25, -0.2) is 0 Å². The van der Waals surface area contributed by atoms with Gasteiger partial charge in [0.05, 0.1) is 42.7 Å². The van der Waals surface area contributed by atoms with Crippen molar-refractivity contribution >= 4 is 57.9 Å². The molecule has 0 amide bonds. The first-order valence-corrected chi connectivity index (χ1v) is 13.7. The molecule has 0 radical (unpaired) electrons. The van der Waals surface area contributed by atoms with Crippen LogP contribution in [-0.2, 0) is 16.0 Å². The summed E-state index contributed by atoms with van der Waals surface area (Å²) in [6.07, 6.45) is 3.93. The Labute approximate surface area is 236 Å². The molecule has 0 bridgehead atoms. The molecule has 1 N–H and O–H groups in total. The number of ether oxygens (including phenoxy) is 2. The lowest BCUT2D eigenvalue weighted by Gasteiger charge is -2.31. The van der Waals surface area contributed by atoms with Gasteiger partial charge in [0.1, 0.15) is 5.82 Å². The minimum absolute atomic E-state index is 0.550. The lowest BCUT2D eigenvalue weighted by Crippen LogP contribution is -2.39. The van der Waals surface area contributed by atoms with Crippen LogP contribution >= 0.6 is 23.2 Å². The van der Waals surface area contributed by atoms with E-state index < -0.39 is 0 Å². The maximum Gasteiger partial charge on any atom is 0.229 e. The maximum atomic E-state index is 6.25. The first-order valence-electron chi connectivity index (χ1n) is 13.0. The van der Waals surface area contributed by atoms with E-state index in [4.69, 9.17) is 42.6 Å². The Bertz CT molecular complexity index is 1440. The lowest BCUT2D eigenvalue weighted by molar-refractivity contribution is 0.121. The van der Waals surface area contributed by atoms with Crippen LogP contribution in [0.25, 0.3) is 10.9 Å². The average Bonchev–Trinajstić information content (AvgIpc) is 3.33. The number of para-hydroxylation sites is 1. The summed E-state index contributed by atoms with van der Waals surface area (Å²) in [5.41, 5.74) is 6.32. The summed E-state index contributed by atoms with van der Waals surface area (Å²) in [5, 5.41) is 6.78. The van der Waals surface area contributed by atoms with Crippen LogP contribution in [-0.4, -0.2) is 73.4 Å². The number of anilines is 3. The summed E-state index contributed by atoms with van der Waals surface area (Å²) >= 11 is 12.4. The number of hydrogen-bond acceptors (Lipinski definition) is 8. The van der Waals surface area contributed by atoms with Gasteiger partial charge in [0, 0.05) is 61.5 Å². The predicted octanol–water partition coefficient (Wildman–Crippen LogP) is 4.91. The third-order valence-electron chi connectivity index (χ3n) is 6.87. The summed E-state index contributed by atoms with van der Waals surface area (Å²) in [5.74, 6) is 2.19. The summed E-state index contributed by atoms with van der Waals surface area (Å²) in [7, 11) is 0. The number of aromatic nitrogens is 3. The molecular weight excluding hydrogens is 537 g/mol. The summed E-state index contributed by atoms with van der Waals surface area (Å²) in [6.45, 7) is 6.46. The van der Waals surface area contributed by atoms with Crippen molar-refractivity contribution in [2.24, 2.45) is 5.10 Å². The predicted molar refractivity (Wildman–Crippen MR) is 157 cm³/mol. The van der Waals surface area contributed by atoms with Crippen LogP contribution in [0.15, 0.2) is 59.8 Å². The van der Waals surface area contributed by atoms with E-state index in [2.05, 4.69) is 43.2 Å². The van der Waals surface area contributed by atoms with Crippen LogP contribution in [0.4, 0.5) is 17.6 Å². The van der Waals surface area contributed by atoms with Gasteiger partial charge in [-0.15, -0.1) is 0 Å². The van der Waals surface area contributed by atoms with Crippen molar-refractivity contribution in [2.75, 3.05) is 67.8 Å². The second-order valence-corrected chi connectivity index (χ2v) is 10.3. The highest BCUT2D eigenvalue weighted by Gasteiger charge is 2.19. The summed E-state index contributed by atoms with van der Waals surface area (Å²) < 4.78 is 13.2. The summed E-state index contributed by atoms with van der Waals surface area (Å²) in [6, 6.07) is 15.9. The van der Waals surface area contributed by atoms with Crippen molar-refractivity contribution in [3.8, 4) is 0 Å². The maximum absolute atomic E-state index is 6.25. The molecule has 0 unspecified atom stereocenters. The zero-order valence-electron chi connectivity index (χ0n) is 21.4. The number of halogens is 2. The van der Waals surface area contributed by atoms with Gasteiger partial charge < -0.3 is 23.8 Å². The third-order valence-corrected chi connectivity index (χ3v) is 7.61. The molecule has 2 aromatic heterocycles. The smallest absolute Gasteiger partial charge is 0.229 e. The molecule has 11 heteroatoms. The van der Waals surface area contributed by atoms with Crippen molar-refractivity contribution in [2.45, 2.75) is 6.54 Å². The van der Waals surface area contributed by atoms with Gasteiger partial charge in [0.2, 0.25) is 5.95 Å². The van der Waals surface area contributed by atoms with E-state index in [1.54, 1.807) is 0 Å².